The van der Waals surface area contributed by atoms with Crippen molar-refractivity contribution in [3.05, 3.63) is 18.5 Å². The van der Waals surface area contributed by atoms with E-state index < -0.39 is 0 Å². The first kappa shape index (κ1) is 6.99. The zero-order chi connectivity index (χ0) is 7.40. The fourth-order valence-corrected chi connectivity index (χ4v) is 0.638. The van der Waals surface area contributed by atoms with Crippen molar-refractivity contribution in [3.8, 4) is 0 Å². The molecular weight excluding hydrogens is 126 g/mol. The third-order valence-corrected chi connectivity index (χ3v) is 1.41. The van der Waals surface area contributed by atoms with Crippen molar-refractivity contribution in [2.24, 2.45) is 0 Å². The second-order valence-corrected chi connectivity index (χ2v) is 2.04. The number of hydrogen-bond donors (Lipinski definition) is 0. The SMILES string of the molecule is CCN(C)c1[c]nncc1. The Labute approximate surface area is 60.7 Å². The molecule has 0 amide bonds. The Hall–Kier alpha value is -1.12. The maximum Gasteiger partial charge on any atom is 0.139 e. The quantitative estimate of drug-likeness (QED) is 0.600. The zero-order valence-electron chi connectivity index (χ0n) is 6.20. The van der Waals surface area contributed by atoms with Gasteiger partial charge in [0.15, 0.2) is 0 Å². The fraction of sp³-hybridized carbons (Fsp3) is 0.429. The molecule has 3 heteroatoms. The van der Waals surface area contributed by atoms with Crippen molar-refractivity contribution in [1.82, 2.24) is 10.2 Å². The first-order valence-corrected chi connectivity index (χ1v) is 3.25. The minimum Gasteiger partial charge on any atom is -0.373 e. The maximum atomic E-state index is 3.64. The third-order valence-electron chi connectivity index (χ3n) is 1.41. The minimum atomic E-state index is 0.961. The average Bonchev–Trinajstić information content (AvgIpc) is 2.05. The highest BCUT2D eigenvalue weighted by Crippen LogP contribution is 2.05. The summed E-state index contributed by atoms with van der Waals surface area (Å²) >= 11 is 0. The molecule has 1 aromatic rings. The van der Waals surface area contributed by atoms with E-state index in [1.807, 2.05) is 13.1 Å². The zero-order valence-corrected chi connectivity index (χ0v) is 6.20. The van der Waals surface area contributed by atoms with Crippen molar-refractivity contribution in [2.75, 3.05) is 18.5 Å². The van der Waals surface area contributed by atoms with Gasteiger partial charge in [-0.1, -0.05) is 0 Å². The second kappa shape index (κ2) is 3.15. The molecule has 0 saturated heterocycles. The molecule has 1 heterocycles. The smallest absolute Gasteiger partial charge is 0.139 e. The van der Waals surface area contributed by atoms with Gasteiger partial charge in [-0.25, -0.2) is 0 Å². The Morgan fingerprint density at radius 1 is 1.70 bits per heavy atom. The van der Waals surface area contributed by atoms with Gasteiger partial charge in [0.05, 0.1) is 11.9 Å². The maximum absolute atomic E-state index is 3.64. The molecule has 0 atom stereocenters. The van der Waals surface area contributed by atoms with Gasteiger partial charge in [-0.05, 0) is 13.0 Å². The van der Waals surface area contributed by atoms with E-state index in [-0.39, 0.29) is 0 Å². The Kier molecular flexibility index (Phi) is 2.20. The van der Waals surface area contributed by atoms with Crippen LogP contribution in [0.2, 0.25) is 0 Å². The summed E-state index contributed by atoms with van der Waals surface area (Å²) in [6.45, 7) is 3.04. The Bertz CT molecular complexity index is 185. The Balaban J connectivity index is 2.75. The summed E-state index contributed by atoms with van der Waals surface area (Å²) in [5, 5.41) is 7.27. The monoisotopic (exact) mass is 136 g/mol. The van der Waals surface area contributed by atoms with Gasteiger partial charge in [-0.3, -0.25) is 0 Å². The number of nitrogens with zero attached hydrogens (tertiary/aromatic N) is 3. The molecule has 0 fully saturated rings. The molecule has 0 aliphatic heterocycles. The highest BCUT2D eigenvalue weighted by molar-refractivity contribution is 5.39. The molecule has 0 bridgehead atoms. The Morgan fingerprint density at radius 3 is 3.00 bits per heavy atom. The average molecular weight is 136 g/mol. The van der Waals surface area contributed by atoms with Crippen LogP contribution in [0.5, 0.6) is 0 Å². The molecule has 0 N–H and O–H groups in total. The number of anilines is 1. The lowest BCUT2D eigenvalue weighted by Crippen LogP contribution is -2.15. The largest absolute Gasteiger partial charge is 0.373 e. The highest BCUT2D eigenvalue weighted by Gasteiger charge is 1.95. The van der Waals surface area contributed by atoms with Crippen LogP contribution in [0, 0.1) is 6.20 Å². The van der Waals surface area contributed by atoms with Gasteiger partial charge in [0.25, 0.3) is 0 Å². The second-order valence-electron chi connectivity index (χ2n) is 2.04. The van der Waals surface area contributed by atoms with E-state index in [4.69, 9.17) is 0 Å². The number of rotatable bonds is 2. The molecule has 1 radical (unpaired) electrons. The van der Waals surface area contributed by atoms with Crippen LogP contribution in [0.15, 0.2) is 12.3 Å². The lowest BCUT2D eigenvalue weighted by molar-refractivity contribution is 0.933. The van der Waals surface area contributed by atoms with Gasteiger partial charge in [0.2, 0.25) is 0 Å². The molecule has 1 aromatic heterocycles. The molecule has 0 aliphatic rings. The summed E-state index contributed by atoms with van der Waals surface area (Å²) in [6.07, 6.45) is 4.45. The van der Waals surface area contributed by atoms with E-state index in [1.165, 1.54) is 0 Å². The van der Waals surface area contributed by atoms with E-state index in [0.717, 1.165) is 12.2 Å². The summed E-state index contributed by atoms with van der Waals surface area (Å²) in [6, 6.07) is 1.89. The van der Waals surface area contributed by atoms with Crippen LogP contribution in [0.4, 0.5) is 5.69 Å². The first-order chi connectivity index (χ1) is 4.84. The molecule has 1 rings (SSSR count). The molecule has 0 saturated carbocycles. The van der Waals surface area contributed by atoms with Crippen LogP contribution in [0.1, 0.15) is 6.92 Å². The summed E-state index contributed by atoms with van der Waals surface area (Å²) in [5.41, 5.74) is 0.984. The molecule has 53 valence electrons. The summed E-state index contributed by atoms with van der Waals surface area (Å²) < 4.78 is 0. The molecule has 0 aliphatic carbocycles. The van der Waals surface area contributed by atoms with E-state index in [9.17, 15) is 0 Å². The van der Waals surface area contributed by atoms with E-state index in [1.54, 1.807) is 6.20 Å². The summed E-state index contributed by atoms with van der Waals surface area (Å²) in [4.78, 5) is 2.05. The standard InChI is InChI=1S/C7H10N3/c1-3-10(2)7-4-5-8-9-6-7/h4-5H,3H2,1-2H3. The van der Waals surface area contributed by atoms with Gasteiger partial charge in [-0.15, -0.1) is 5.10 Å². The lowest BCUT2D eigenvalue weighted by atomic mass is 10.4. The van der Waals surface area contributed by atoms with Crippen LogP contribution in [0.3, 0.4) is 0 Å². The molecule has 0 spiro atoms. The molecule has 3 nitrogen and oxygen atoms in total. The van der Waals surface area contributed by atoms with Gasteiger partial charge in [-0.2, -0.15) is 5.10 Å². The van der Waals surface area contributed by atoms with Crippen LogP contribution < -0.4 is 4.90 Å². The van der Waals surface area contributed by atoms with Crippen molar-refractivity contribution in [2.45, 2.75) is 6.92 Å². The number of hydrogen-bond acceptors (Lipinski definition) is 3. The third kappa shape index (κ3) is 1.43. The van der Waals surface area contributed by atoms with Crippen LogP contribution in [-0.2, 0) is 0 Å². The van der Waals surface area contributed by atoms with E-state index in [2.05, 4.69) is 28.2 Å². The van der Waals surface area contributed by atoms with E-state index >= 15 is 0 Å². The van der Waals surface area contributed by atoms with Crippen LogP contribution in [-0.4, -0.2) is 23.8 Å². The van der Waals surface area contributed by atoms with Crippen molar-refractivity contribution < 1.29 is 0 Å². The first-order valence-electron chi connectivity index (χ1n) is 3.25. The molecular formula is C7H10N3. The van der Waals surface area contributed by atoms with Gasteiger partial charge >= 0.3 is 0 Å². The fourth-order valence-electron chi connectivity index (χ4n) is 0.638. The molecule has 0 unspecified atom stereocenters. The minimum absolute atomic E-state index is 0.961. The topological polar surface area (TPSA) is 29.0 Å². The van der Waals surface area contributed by atoms with Gasteiger partial charge < -0.3 is 4.90 Å². The van der Waals surface area contributed by atoms with Crippen molar-refractivity contribution >= 4 is 5.69 Å². The predicted octanol–water partition coefficient (Wildman–Crippen LogP) is 0.733. The normalized spacial score (nSPS) is 9.40. The predicted molar refractivity (Wildman–Crippen MR) is 39.8 cm³/mol. The van der Waals surface area contributed by atoms with Crippen LogP contribution in [0.25, 0.3) is 0 Å². The van der Waals surface area contributed by atoms with E-state index in [0.29, 0.717) is 0 Å². The van der Waals surface area contributed by atoms with Crippen molar-refractivity contribution in [1.29, 1.82) is 0 Å². The number of aromatic nitrogens is 2. The van der Waals surface area contributed by atoms with Gasteiger partial charge in [0.1, 0.15) is 6.20 Å². The van der Waals surface area contributed by atoms with Crippen molar-refractivity contribution in [3.63, 3.8) is 0 Å². The summed E-state index contributed by atoms with van der Waals surface area (Å²) in [7, 11) is 1.99. The van der Waals surface area contributed by atoms with Crippen LogP contribution >= 0.6 is 0 Å². The Morgan fingerprint density at radius 2 is 2.50 bits per heavy atom. The molecule has 10 heavy (non-hydrogen) atoms. The lowest BCUT2D eigenvalue weighted by Gasteiger charge is -2.14. The molecule has 0 aromatic carbocycles. The highest BCUT2D eigenvalue weighted by atomic mass is 15.1. The summed E-state index contributed by atoms with van der Waals surface area (Å²) in [5.74, 6) is 0. The van der Waals surface area contributed by atoms with Gasteiger partial charge in [0, 0.05) is 13.6 Å².